The van der Waals surface area contributed by atoms with E-state index in [1.807, 2.05) is 12.1 Å². The number of ether oxygens (including phenoxy) is 2. The fourth-order valence-corrected chi connectivity index (χ4v) is 3.06. The Morgan fingerprint density at radius 3 is 2.41 bits per heavy atom. The van der Waals surface area contributed by atoms with Gasteiger partial charge in [0, 0.05) is 18.9 Å². The topological polar surface area (TPSA) is 44.5 Å². The van der Waals surface area contributed by atoms with Crippen LogP contribution >= 0.6 is 0 Å². The minimum Gasteiger partial charge on any atom is -0.497 e. The molecule has 1 aliphatic carbocycles. The summed E-state index contributed by atoms with van der Waals surface area (Å²) >= 11 is 0. The summed E-state index contributed by atoms with van der Waals surface area (Å²) in [5.41, 5.74) is 9.77. The Morgan fingerprint density at radius 2 is 1.82 bits per heavy atom. The summed E-state index contributed by atoms with van der Waals surface area (Å²) in [7, 11) is 1.68. The lowest BCUT2D eigenvalue weighted by molar-refractivity contribution is 0.210. The molecule has 116 valence electrons. The minimum absolute atomic E-state index is 0.188. The molecule has 0 radical (unpaired) electrons. The van der Waals surface area contributed by atoms with Gasteiger partial charge in [0.15, 0.2) is 0 Å². The van der Waals surface area contributed by atoms with E-state index in [1.165, 1.54) is 11.1 Å². The third-order valence-electron chi connectivity index (χ3n) is 4.41. The average molecular weight is 297 g/mol. The van der Waals surface area contributed by atoms with Crippen molar-refractivity contribution in [2.24, 2.45) is 5.73 Å². The van der Waals surface area contributed by atoms with Crippen LogP contribution in [0.1, 0.15) is 29.5 Å². The molecule has 2 aromatic rings. The zero-order chi connectivity index (χ0) is 15.5. The lowest BCUT2D eigenvalue weighted by atomic mass is 10.00. The number of hydrogen-bond acceptors (Lipinski definition) is 3. The molecule has 2 N–H and O–H groups in total. The maximum absolute atomic E-state index is 6.32. The molecule has 3 nitrogen and oxygen atoms in total. The first kappa shape index (κ1) is 14.9. The molecule has 0 saturated carbocycles. The summed E-state index contributed by atoms with van der Waals surface area (Å²) in [6.07, 6.45) is 2.11. The van der Waals surface area contributed by atoms with Crippen LogP contribution in [0.25, 0.3) is 0 Å². The van der Waals surface area contributed by atoms with Gasteiger partial charge in [0.2, 0.25) is 0 Å². The van der Waals surface area contributed by atoms with Crippen LogP contribution in [-0.4, -0.2) is 19.8 Å². The van der Waals surface area contributed by atoms with Gasteiger partial charge in [-0.15, -0.1) is 0 Å². The van der Waals surface area contributed by atoms with E-state index in [2.05, 4.69) is 37.3 Å². The summed E-state index contributed by atoms with van der Waals surface area (Å²) < 4.78 is 11.7. The van der Waals surface area contributed by atoms with Gasteiger partial charge in [-0.2, -0.15) is 0 Å². The molecule has 1 atom stereocenters. The predicted molar refractivity (Wildman–Crippen MR) is 88.7 cm³/mol. The molecule has 0 bridgehead atoms. The third-order valence-corrected chi connectivity index (χ3v) is 4.41. The van der Waals surface area contributed by atoms with E-state index in [0.29, 0.717) is 6.54 Å². The van der Waals surface area contributed by atoms with E-state index >= 15 is 0 Å². The molecule has 3 rings (SSSR count). The van der Waals surface area contributed by atoms with Crippen LogP contribution in [-0.2, 0) is 12.8 Å². The SMILES string of the molecule is COc1ccc(C(C)CN)c(OC2Cc3ccccc3C2)c1. The van der Waals surface area contributed by atoms with Crippen molar-refractivity contribution in [2.75, 3.05) is 13.7 Å². The van der Waals surface area contributed by atoms with Crippen molar-refractivity contribution in [1.29, 1.82) is 0 Å². The summed E-state index contributed by atoms with van der Waals surface area (Å²) in [6, 6.07) is 14.6. The molecule has 1 unspecified atom stereocenters. The van der Waals surface area contributed by atoms with Crippen molar-refractivity contribution < 1.29 is 9.47 Å². The molecule has 22 heavy (non-hydrogen) atoms. The van der Waals surface area contributed by atoms with Gasteiger partial charge in [0.05, 0.1) is 7.11 Å². The molecule has 0 fully saturated rings. The number of fused-ring (bicyclic) bond motifs is 1. The Kier molecular flexibility index (Phi) is 4.34. The molecular formula is C19H23NO2. The Hall–Kier alpha value is -2.00. The summed E-state index contributed by atoms with van der Waals surface area (Å²) in [6.45, 7) is 2.73. The molecule has 1 aliphatic rings. The fraction of sp³-hybridized carbons (Fsp3) is 0.368. The lowest BCUT2D eigenvalue weighted by Gasteiger charge is -2.20. The molecule has 0 heterocycles. The Balaban J connectivity index is 1.83. The van der Waals surface area contributed by atoms with Gasteiger partial charge in [0.25, 0.3) is 0 Å². The van der Waals surface area contributed by atoms with Gasteiger partial charge in [-0.3, -0.25) is 0 Å². The maximum atomic E-state index is 6.32. The van der Waals surface area contributed by atoms with Crippen LogP contribution in [0.5, 0.6) is 11.5 Å². The van der Waals surface area contributed by atoms with Gasteiger partial charge < -0.3 is 15.2 Å². The number of nitrogens with two attached hydrogens (primary N) is 1. The smallest absolute Gasteiger partial charge is 0.126 e. The Morgan fingerprint density at radius 1 is 1.14 bits per heavy atom. The van der Waals surface area contributed by atoms with Gasteiger partial charge in [-0.05, 0) is 35.2 Å². The normalized spacial score (nSPS) is 15.4. The second-order valence-corrected chi connectivity index (χ2v) is 5.96. The second kappa shape index (κ2) is 6.41. The number of hydrogen-bond donors (Lipinski definition) is 1. The Labute approximate surface area is 132 Å². The standard InChI is InChI=1S/C19H23NO2/c1-13(12-20)18-8-7-16(21-2)11-19(18)22-17-9-14-5-3-4-6-15(14)10-17/h3-8,11,13,17H,9-10,12,20H2,1-2H3. The zero-order valence-corrected chi connectivity index (χ0v) is 13.2. The van der Waals surface area contributed by atoms with Crippen molar-refractivity contribution in [1.82, 2.24) is 0 Å². The molecular weight excluding hydrogens is 274 g/mol. The lowest BCUT2D eigenvalue weighted by Crippen LogP contribution is -2.19. The number of rotatable bonds is 5. The van der Waals surface area contributed by atoms with Crippen LogP contribution in [0.2, 0.25) is 0 Å². The first-order valence-electron chi connectivity index (χ1n) is 7.82. The molecule has 2 aromatic carbocycles. The molecule has 3 heteroatoms. The van der Waals surface area contributed by atoms with E-state index in [-0.39, 0.29) is 12.0 Å². The fourth-order valence-electron chi connectivity index (χ4n) is 3.06. The van der Waals surface area contributed by atoms with Crippen molar-refractivity contribution in [2.45, 2.75) is 31.8 Å². The largest absolute Gasteiger partial charge is 0.497 e. The molecule has 0 aliphatic heterocycles. The van der Waals surface area contributed by atoms with Crippen LogP contribution < -0.4 is 15.2 Å². The summed E-state index contributed by atoms with van der Waals surface area (Å²) in [4.78, 5) is 0. The highest BCUT2D eigenvalue weighted by Gasteiger charge is 2.24. The van der Waals surface area contributed by atoms with Crippen LogP contribution in [0.4, 0.5) is 0 Å². The van der Waals surface area contributed by atoms with Crippen molar-refractivity contribution in [3.63, 3.8) is 0 Å². The second-order valence-electron chi connectivity index (χ2n) is 5.96. The first-order valence-corrected chi connectivity index (χ1v) is 7.82. The monoisotopic (exact) mass is 297 g/mol. The highest BCUT2D eigenvalue weighted by atomic mass is 16.5. The first-order chi connectivity index (χ1) is 10.7. The van der Waals surface area contributed by atoms with Crippen LogP contribution in [0.3, 0.4) is 0 Å². The summed E-state index contributed by atoms with van der Waals surface area (Å²) in [5, 5.41) is 0. The van der Waals surface area contributed by atoms with Crippen LogP contribution in [0, 0.1) is 0 Å². The van der Waals surface area contributed by atoms with Crippen molar-refractivity contribution in [3.8, 4) is 11.5 Å². The van der Waals surface area contributed by atoms with E-state index < -0.39 is 0 Å². The summed E-state index contributed by atoms with van der Waals surface area (Å²) in [5.74, 6) is 1.98. The Bertz CT molecular complexity index is 629. The van der Waals surface area contributed by atoms with Crippen molar-refractivity contribution in [3.05, 3.63) is 59.2 Å². The zero-order valence-electron chi connectivity index (χ0n) is 13.2. The number of methoxy groups -OCH3 is 1. The van der Waals surface area contributed by atoms with E-state index in [4.69, 9.17) is 15.2 Å². The van der Waals surface area contributed by atoms with Crippen molar-refractivity contribution >= 4 is 0 Å². The average Bonchev–Trinajstić information content (AvgIpc) is 2.96. The molecule has 0 amide bonds. The third kappa shape index (κ3) is 2.95. The van der Waals surface area contributed by atoms with E-state index in [0.717, 1.165) is 29.9 Å². The molecule has 0 saturated heterocycles. The quantitative estimate of drug-likeness (QED) is 0.921. The number of benzene rings is 2. The highest BCUT2D eigenvalue weighted by Crippen LogP contribution is 2.33. The highest BCUT2D eigenvalue weighted by molar-refractivity contribution is 5.43. The van der Waals surface area contributed by atoms with E-state index in [9.17, 15) is 0 Å². The van der Waals surface area contributed by atoms with E-state index in [1.54, 1.807) is 7.11 Å². The van der Waals surface area contributed by atoms with Gasteiger partial charge in [-0.1, -0.05) is 37.3 Å². The van der Waals surface area contributed by atoms with Gasteiger partial charge in [-0.25, -0.2) is 0 Å². The van der Waals surface area contributed by atoms with Crippen LogP contribution in [0.15, 0.2) is 42.5 Å². The minimum atomic E-state index is 0.188. The van der Waals surface area contributed by atoms with Gasteiger partial charge in [0.1, 0.15) is 17.6 Å². The predicted octanol–water partition coefficient (Wildman–Crippen LogP) is 3.30. The molecule has 0 spiro atoms. The maximum Gasteiger partial charge on any atom is 0.126 e. The van der Waals surface area contributed by atoms with Gasteiger partial charge >= 0.3 is 0 Å². The molecule has 0 aromatic heterocycles.